The Morgan fingerprint density at radius 3 is 3.00 bits per heavy atom. The van der Waals surface area contributed by atoms with Crippen LogP contribution in [0.4, 0.5) is 0 Å². The van der Waals surface area contributed by atoms with Gasteiger partial charge in [0.15, 0.2) is 5.76 Å². The number of rotatable bonds is 1. The number of carbonyl (C=O) groups excluding carboxylic acids is 2. The Morgan fingerprint density at radius 1 is 1.38 bits per heavy atom. The summed E-state index contributed by atoms with van der Waals surface area (Å²) in [6.45, 7) is 0.261. The van der Waals surface area contributed by atoms with Gasteiger partial charge in [-0.25, -0.2) is 0 Å². The van der Waals surface area contributed by atoms with Gasteiger partial charge in [-0.3, -0.25) is 14.9 Å². The Bertz CT molecular complexity index is 780. The molecule has 0 bridgehead atoms. The van der Waals surface area contributed by atoms with Gasteiger partial charge < -0.3 is 10.2 Å². The molecule has 1 aliphatic rings. The number of nitrogens with two attached hydrogens (primary N) is 1. The second-order valence-corrected chi connectivity index (χ2v) is 4.88. The lowest BCUT2D eigenvalue weighted by Gasteiger charge is -2.21. The van der Waals surface area contributed by atoms with Crippen LogP contribution in [0, 0.1) is 11.8 Å². The van der Waals surface area contributed by atoms with Crippen molar-refractivity contribution in [2.75, 3.05) is 6.54 Å². The van der Waals surface area contributed by atoms with E-state index in [9.17, 15) is 9.59 Å². The highest BCUT2D eigenvalue weighted by Gasteiger charge is 2.29. The highest BCUT2D eigenvalue weighted by atomic mass is 16.3. The van der Waals surface area contributed by atoms with E-state index in [0.717, 1.165) is 10.9 Å². The van der Waals surface area contributed by atoms with Gasteiger partial charge >= 0.3 is 0 Å². The zero-order valence-electron chi connectivity index (χ0n) is 11.3. The van der Waals surface area contributed by atoms with E-state index in [-0.39, 0.29) is 24.3 Å². The van der Waals surface area contributed by atoms with Crippen molar-refractivity contribution in [2.24, 2.45) is 5.73 Å². The zero-order valence-corrected chi connectivity index (χ0v) is 11.3. The molecule has 3 N–H and O–H groups in total. The van der Waals surface area contributed by atoms with E-state index < -0.39 is 0 Å². The standard InChI is InChI=1S/C16H14N2O3/c17-8-2-3-10-9-13-11(4-1-5-14(13)21-10)12-6-7-15(19)18-16(12)20/h1,4-5,9,12H,6-8,17H2,(H,18,19,20)/t12-/m1/s1. The van der Waals surface area contributed by atoms with Crippen molar-refractivity contribution in [1.82, 2.24) is 5.32 Å². The zero-order chi connectivity index (χ0) is 14.8. The fourth-order valence-corrected chi connectivity index (χ4v) is 2.58. The topological polar surface area (TPSA) is 85.3 Å². The third kappa shape index (κ3) is 2.54. The number of imide groups is 1. The molecule has 21 heavy (non-hydrogen) atoms. The fraction of sp³-hybridized carbons (Fsp3) is 0.250. The van der Waals surface area contributed by atoms with Crippen LogP contribution in [0.3, 0.4) is 0 Å². The number of hydrogen-bond acceptors (Lipinski definition) is 4. The first kappa shape index (κ1) is 13.4. The van der Waals surface area contributed by atoms with Gasteiger partial charge in [0, 0.05) is 17.9 Å². The minimum atomic E-state index is -0.334. The molecule has 106 valence electrons. The molecule has 1 saturated heterocycles. The summed E-state index contributed by atoms with van der Waals surface area (Å²) in [5.41, 5.74) is 6.89. The van der Waals surface area contributed by atoms with Gasteiger partial charge in [0.2, 0.25) is 11.8 Å². The summed E-state index contributed by atoms with van der Waals surface area (Å²) in [6.07, 6.45) is 0.864. The molecule has 0 saturated carbocycles. The predicted molar refractivity (Wildman–Crippen MR) is 77.3 cm³/mol. The maximum atomic E-state index is 12.0. The number of fused-ring (bicyclic) bond motifs is 1. The lowest BCUT2D eigenvalue weighted by atomic mass is 9.88. The van der Waals surface area contributed by atoms with Crippen molar-refractivity contribution in [3.8, 4) is 11.8 Å². The average molecular weight is 282 g/mol. The summed E-state index contributed by atoms with van der Waals surface area (Å²) < 4.78 is 5.63. The molecule has 2 heterocycles. The van der Waals surface area contributed by atoms with Gasteiger partial charge in [0.25, 0.3) is 0 Å². The summed E-state index contributed by atoms with van der Waals surface area (Å²) in [6, 6.07) is 7.37. The molecule has 1 atom stereocenters. The molecule has 0 aliphatic carbocycles. The van der Waals surface area contributed by atoms with E-state index in [4.69, 9.17) is 10.2 Å². The minimum Gasteiger partial charge on any atom is -0.448 e. The third-order valence-corrected chi connectivity index (χ3v) is 3.52. The number of nitrogens with one attached hydrogen (secondary N) is 1. The van der Waals surface area contributed by atoms with Gasteiger partial charge in [0.1, 0.15) is 5.58 Å². The van der Waals surface area contributed by atoms with Gasteiger partial charge in [-0.15, -0.1) is 0 Å². The number of amides is 2. The lowest BCUT2D eigenvalue weighted by molar-refractivity contribution is -0.134. The number of benzene rings is 1. The van der Waals surface area contributed by atoms with E-state index in [0.29, 0.717) is 24.2 Å². The van der Waals surface area contributed by atoms with E-state index >= 15 is 0 Å². The number of furan rings is 1. The SMILES string of the molecule is NCC#Cc1cc2c([C@H]3CCC(=O)NC3=O)cccc2o1. The van der Waals surface area contributed by atoms with Crippen LogP contribution in [0.15, 0.2) is 28.7 Å². The monoisotopic (exact) mass is 282 g/mol. The highest BCUT2D eigenvalue weighted by molar-refractivity contribution is 6.02. The second kappa shape index (κ2) is 5.43. The molecular formula is C16H14N2O3. The summed E-state index contributed by atoms with van der Waals surface area (Å²) in [5.74, 6) is 5.30. The Hall–Kier alpha value is -2.58. The van der Waals surface area contributed by atoms with Gasteiger partial charge in [0.05, 0.1) is 12.5 Å². The molecule has 0 radical (unpaired) electrons. The van der Waals surface area contributed by atoms with Crippen LogP contribution in [0.2, 0.25) is 0 Å². The van der Waals surface area contributed by atoms with E-state index in [1.54, 1.807) is 0 Å². The molecule has 5 heteroatoms. The van der Waals surface area contributed by atoms with Crippen LogP contribution in [0.25, 0.3) is 11.0 Å². The number of piperidine rings is 1. The van der Waals surface area contributed by atoms with Gasteiger partial charge in [-0.2, -0.15) is 0 Å². The van der Waals surface area contributed by atoms with Crippen molar-refractivity contribution >= 4 is 22.8 Å². The van der Waals surface area contributed by atoms with Crippen molar-refractivity contribution < 1.29 is 14.0 Å². The van der Waals surface area contributed by atoms with E-state index in [1.165, 1.54) is 0 Å². The maximum absolute atomic E-state index is 12.0. The van der Waals surface area contributed by atoms with Crippen LogP contribution in [0.1, 0.15) is 30.1 Å². The van der Waals surface area contributed by atoms with Crippen LogP contribution in [-0.4, -0.2) is 18.4 Å². The Labute approximate surface area is 121 Å². The first-order chi connectivity index (χ1) is 10.2. The molecule has 3 rings (SSSR count). The Balaban J connectivity index is 2.04. The largest absolute Gasteiger partial charge is 0.448 e. The van der Waals surface area contributed by atoms with Crippen molar-refractivity contribution in [1.29, 1.82) is 0 Å². The first-order valence-electron chi connectivity index (χ1n) is 6.74. The highest BCUT2D eigenvalue weighted by Crippen LogP contribution is 2.32. The molecule has 2 aromatic rings. The molecule has 1 aromatic carbocycles. The molecular weight excluding hydrogens is 268 g/mol. The van der Waals surface area contributed by atoms with Gasteiger partial charge in [-0.05, 0) is 24.0 Å². The van der Waals surface area contributed by atoms with Crippen LogP contribution < -0.4 is 11.1 Å². The summed E-state index contributed by atoms with van der Waals surface area (Å²) in [4.78, 5) is 23.3. The van der Waals surface area contributed by atoms with Gasteiger partial charge in [-0.1, -0.05) is 18.1 Å². The fourth-order valence-electron chi connectivity index (χ4n) is 2.58. The summed E-state index contributed by atoms with van der Waals surface area (Å²) in [7, 11) is 0. The molecule has 1 aliphatic heterocycles. The van der Waals surface area contributed by atoms with Crippen molar-refractivity contribution in [2.45, 2.75) is 18.8 Å². The Morgan fingerprint density at radius 2 is 2.24 bits per heavy atom. The average Bonchev–Trinajstić information content (AvgIpc) is 2.88. The molecule has 0 unspecified atom stereocenters. The smallest absolute Gasteiger partial charge is 0.234 e. The third-order valence-electron chi connectivity index (χ3n) is 3.52. The summed E-state index contributed by atoms with van der Waals surface area (Å²) in [5, 5.41) is 3.24. The molecule has 5 nitrogen and oxygen atoms in total. The van der Waals surface area contributed by atoms with Crippen molar-refractivity contribution in [3.63, 3.8) is 0 Å². The summed E-state index contributed by atoms with van der Waals surface area (Å²) >= 11 is 0. The minimum absolute atomic E-state index is 0.217. The number of carbonyl (C=O) groups is 2. The molecule has 0 spiro atoms. The van der Waals surface area contributed by atoms with Crippen LogP contribution in [-0.2, 0) is 9.59 Å². The first-order valence-corrected chi connectivity index (χ1v) is 6.74. The van der Waals surface area contributed by atoms with E-state index in [1.807, 2.05) is 24.3 Å². The second-order valence-electron chi connectivity index (χ2n) is 4.88. The van der Waals surface area contributed by atoms with Crippen LogP contribution in [0.5, 0.6) is 0 Å². The lowest BCUT2D eigenvalue weighted by Crippen LogP contribution is -2.39. The maximum Gasteiger partial charge on any atom is 0.234 e. The number of hydrogen-bond donors (Lipinski definition) is 2. The molecule has 1 fully saturated rings. The molecule has 2 amide bonds. The normalized spacial score (nSPS) is 18.2. The predicted octanol–water partition coefficient (Wildman–Crippen LogP) is 1.26. The van der Waals surface area contributed by atoms with E-state index in [2.05, 4.69) is 17.2 Å². The van der Waals surface area contributed by atoms with Crippen LogP contribution >= 0.6 is 0 Å². The quantitative estimate of drug-likeness (QED) is 0.609. The Kier molecular flexibility index (Phi) is 3.46. The molecule has 1 aromatic heterocycles. The van der Waals surface area contributed by atoms with Crippen molar-refractivity contribution in [3.05, 3.63) is 35.6 Å².